The molecule has 1 amide bonds. The van der Waals surface area contributed by atoms with Crippen LogP contribution < -0.4 is 5.73 Å². The van der Waals surface area contributed by atoms with E-state index in [0.717, 1.165) is 32.5 Å². The molecule has 1 heterocycles. The number of carbonyl (C=O) groups is 1. The molecule has 0 radical (unpaired) electrons. The van der Waals surface area contributed by atoms with Crippen LogP contribution in [0.1, 0.15) is 33.6 Å². The molecule has 0 saturated carbocycles. The molecule has 0 aromatic rings. The second-order valence-electron chi connectivity index (χ2n) is 6.06. The first kappa shape index (κ1) is 15.4. The normalized spacial score (nSPS) is 24.1. The predicted octanol–water partition coefficient (Wildman–Crippen LogP) is 1.16. The second kappa shape index (κ2) is 7.10. The van der Waals surface area contributed by atoms with Crippen molar-refractivity contribution in [1.82, 2.24) is 9.80 Å². The molecule has 0 aromatic heterocycles. The molecule has 1 aliphatic heterocycles. The van der Waals surface area contributed by atoms with Crippen molar-refractivity contribution in [3.63, 3.8) is 0 Å². The van der Waals surface area contributed by atoms with E-state index in [0.29, 0.717) is 18.5 Å². The van der Waals surface area contributed by atoms with E-state index in [2.05, 4.69) is 32.7 Å². The highest BCUT2D eigenvalue weighted by Gasteiger charge is 2.29. The monoisotopic (exact) mass is 255 g/mol. The van der Waals surface area contributed by atoms with Gasteiger partial charge in [-0.3, -0.25) is 4.79 Å². The molecule has 1 fully saturated rings. The van der Waals surface area contributed by atoms with Gasteiger partial charge < -0.3 is 15.5 Å². The molecule has 0 aromatic carbocycles. The summed E-state index contributed by atoms with van der Waals surface area (Å²) in [6.45, 7) is 9.82. The van der Waals surface area contributed by atoms with Crippen LogP contribution in [0, 0.1) is 11.8 Å². The Morgan fingerprint density at radius 3 is 2.61 bits per heavy atom. The highest BCUT2D eigenvalue weighted by molar-refractivity contribution is 5.79. The van der Waals surface area contributed by atoms with Gasteiger partial charge in [0.2, 0.25) is 5.91 Å². The van der Waals surface area contributed by atoms with Gasteiger partial charge in [0, 0.05) is 25.7 Å². The molecule has 0 bridgehead atoms. The Kier molecular flexibility index (Phi) is 6.09. The fraction of sp³-hybridized carbons (Fsp3) is 0.929. The van der Waals surface area contributed by atoms with Gasteiger partial charge in [-0.05, 0) is 39.3 Å². The zero-order valence-corrected chi connectivity index (χ0v) is 12.4. The van der Waals surface area contributed by atoms with Crippen LogP contribution in [0.5, 0.6) is 0 Å². The number of amides is 1. The van der Waals surface area contributed by atoms with Crippen LogP contribution in [0.2, 0.25) is 0 Å². The SMILES string of the molecule is CC(C)CC(CN)C(=O)N1CCCN(C)CC1C. The lowest BCUT2D eigenvalue weighted by molar-refractivity contribution is -0.137. The summed E-state index contributed by atoms with van der Waals surface area (Å²) >= 11 is 0. The first-order valence-corrected chi connectivity index (χ1v) is 7.14. The zero-order valence-electron chi connectivity index (χ0n) is 12.4. The van der Waals surface area contributed by atoms with E-state index in [1.54, 1.807) is 0 Å². The Balaban J connectivity index is 2.67. The van der Waals surface area contributed by atoms with Crippen molar-refractivity contribution in [1.29, 1.82) is 0 Å². The Morgan fingerprint density at radius 1 is 1.39 bits per heavy atom. The van der Waals surface area contributed by atoms with Crippen molar-refractivity contribution in [2.45, 2.75) is 39.7 Å². The number of rotatable bonds is 4. The molecule has 18 heavy (non-hydrogen) atoms. The summed E-state index contributed by atoms with van der Waals surface area (Å²) < 4.78 is 0. The van der Waals surface area contributed by atoms with Crippen molar-refractivity contribution in [3.05, 3.63) is 0 Å². The standard InChI is InChI=1S/C14H29N3O/c1-11(2)8-13(9-15)14(18)17-7-5-6-16(4)10-12(17)3/h11-13H,5-10,15H2,1-4H3. The molecule has 2 unspecified atom stereocenters. The van der Waals surface area contributed by atoms with E-state index in [1.165, 1.54) is 0 Å². The number of hydrogen-bond acceptors (Lipinski definition) is 3. The van der Waals surface area contributed by atoms with Crippen LogP contribution in [0.3, 0.4) is 0 Å². The van der Waals surface area contributed by atoms with Crippen molar-refractivity contribution >= 4 is 5.91 Å². The molecular formula is C14H29N3O. The molecule has 2 atom stereocenters. The van der Waals surface area contributed by atoms with Crippen molar-refractivity contribution in [3.8, 4) is 0 Å². The third-order valence-electron chi connectivity index (χ3n) is 3.72. The largest absolute Gasteiger partial charge is 0.338 e. The average molecular weight is 255 g/mol. The highest BCUT2D eigenvalue weighted by atomic mass is 16.2. The van der Waals surface area contributed by atoms with Crippen molar-refractivity contribution in [2.75, 3.05) is 33.2 Å². The summed E-state index contributed by atoms with van der Waals surface area (Å²) in [4.78, 5) is 16.9. The van der Waals surface area contributed by atoms with E-state index < -0.39 is 0 Å². The Hall–Kier alpha value is -0.610. The summed E-state index contributed by atoms with van der Waals surface area (Å²) in [6.07, 6.45) is 1.96. The lowest BCUT2D eigenvalue weighted by Gasteiger charge is -2.31. The van der Waals surface area contributed by atoms with Gasteiger partial charge in [-0.25, -0.2) is 0 Å². The molecule has 1 rings (SSSR count). The van der Waals surface area contributed by atoms with E-state index in [-0.39, 0.29) is 11.8 Å². The van der Waals surface area contributed by atoms with E-state index in [1.807, 2.05) is 4.90 Å². The van der Waals surface area contributed by atoms with Gasteiger partial charge in [-0.1, -0.05) is 13.8 Å². The average Bonchev–Trinajstić information content (AvgIpc) is 2.45. The molecule has 4 heteroatoms. The fourth-order valence-corrected chi connectivity index (χ4v) is 2.80. The maximum atomic E-state index is 12.6. The van der Waals surface area contributed by atoms with Crippen molar-refractivity contribution < 1.29 is 4.79 Å². The molecule has 2 N–H and O–H groups in total. The summed E-state index contributed by atoms with van der Waals surface area (Å²) in [5.41, 5.74) is 5.78. The molecule has 0 aliphatic carbocycles. The first-order valence-electron chi connectivity index (χ1n) is 7.14. The second-order valence-corrected chi connectivity index (χ2v) is 6.06. The predicted molar refractivity (Wildman–Crippen MR) is 75.3 cm³/mol. The molecule has 0 spiro atoms. The van der Waals surface area contributed by atoms with Crippen LogP contribution in [0.25, 0.3) is 0 Å². The minimum Gasteiger partial charge on any atom is -0.338 e. The van der Waals surface area contributed by atoms with Gasteiger partial charge in [-0.15, -0.1) is 0 Å². The summed E-state index contributed by atoms with van der Waals surface area (Å²) in [5, 5.41) is 0. The Labute approximate surface area is 111 Å². The minimum absolute atomic E-state index is 0.00384. The van der Waals surface area contributed by atoms with Gasteiger partial charge >= 0.3 is 0 Å². The third kappa shape index (κ3) is 4.25. The van der Waals surface area contributed by atoms with Gasteiger partial charge in [0.05, 0.1) is 5.92 Å². The quantitative estimate of drug-likeness (QED) is 0.820. The molecule has 1 aliphatic rings. The summed E-state index contributed by atoms with van der Waals surface area (Å²) in [5.74, 6) is 0.775. The lowest BCUT2D eigenvalue weighted by Crippen LogP contribution is -2.46. The number of nitrogens with zero attached hydrogens (tertiary/aromatic N) is 2. The van der Waals surface area contributed by atoms with E-state index >= 15 is 0 Å². The highest BCUT2D eigenvalue weighted by Crippen LogP contribution is 2.17. The number of nitrogens with two attached hydrogens (primary N) is 1. The van der Waals surface area contributed by atoms with Gasteiger partial charge in [0.1, 0.15) is 0 Å². The topological polar surface area (TPSA) is 49.6 Å². The van der Waals surface area contributed by atoms with Crippen LogP contribution >= 0.6 is 0 Å². The third-order valence-corrected chi connectivity index (χ3v) is 3.72. The Morgan fingerprint density at radius 2 is 2.06 bits per heavy atom. The van der Waals surface area contributed by atoms with Crippen LogP contribution in [-0.2, 0) is 4.79 Å². The van der Waals surface area contributed by atoms with Crippen LogP contribution in [0.4, 0.5) is 0 Å². The van der Waals surface area contributed by atoms with Gasteiger partial charge in [-0.2, -0.15) is 0 Å². The first-order chi connectivity index (χ1) is 8.45. The minimum atomic E-state index is -0.00384. The number of likely N-dealkylation sites (N-methyl/N-ethyl adjacent to an activating group) is 1. The van der Waals surface area contributed by atoms with E-state index in [9.17, 15) is 4.79 Å². The molecule has 106 valence electrons. The fourth-order valence-electron chi connectivity index (χ4n) is 2.80. The van der Waals surface area contributed by atoms with Crippen LogP contribution in [-0.4, -0.2) is 55.0 Å². The molecule has 4 nitrogen and oxygen atoms in total. The molecular weight excluding hydrogens is 226 g/mol. The summed E-state index contributed by atoms with van der Waals surface area (Å²) in [7, 11) is 2.12. The number of hydrogen-bond donors (Lipinski definition) is 1. The van der Waals surface area contributed by atoms with Gasteiger partial charge in [0.15, 0.2) is 0 Å². The number of carbonyl (C=O) groups excluding carboxylic acids is 1. The van der Waals surface area contributed by atoms with Crippen molar-refractivity contribution in [2.24, 2.45) is 17.6 Å². The molecule has 1 saturated heterocycles. The maximum absolute atomic E-state index is 12.6. The van der Waals surface area contributed by atoms with E-state index in [4.69, 9.17) is 5.73 Å². The lowest BCUT2D eigenvalue weighted by atomic mass is 9.95. The summed E-state index contributed by atoms with van der Waals surface area (Å²) in [6, 6.07) is 0.297. The smallest absolute Gasteiger partial charge is 0.227 e. The van der Waals surface area contributed by atoms with Gasteiger partial charge in [0.25, 0.3) is 0 Å². The zero-order chi connectivity index (χ0) is 13.7. The Bertz CT molecular complexity index is 268. The van der Waals surface area contributed by atoms with Crippen LogP contribution in [0.15, 0.2) is 0 Å². The maximum Gasteiger partial charge on any atom is 0.227 e.